The summed E-state index contributed by atoms with van der Waals surface area (Å²) in [6.07, 6.45) is 1.73. The minimum absolute atomic E-state index is 0.141. The standard InChI is InChI=1S/C12H14BrN3O2/c1-7-5-8(13)11(18)16-9(7)10(17)15-12(16)3-2-4-14-6-12/h5,14H,2-4,6H2,1H3,(H,15,17). The number of piperidine rings is 1. The number of pyridine rings is 1. The third-order valence-corrected chi connectivity index (χ3v) is 4.27. The summed E-state index contributed by atoms with van der Waals surface area (Å²) in [7, 11) is 0. The summed E-state index contributed by atoms with van der Waals surface area (Å²) in [6, 6.07) is 1.71. The van der Waals surface area contributed by atoms with Gasteiger partial charge in [-0.3, -0.25) is 14.2 Å². The summed E-state index contributed by atoms with van der Waals surface area (Å²) < 4.78 is 2.13. The molecule has 1 aromatic heterocycles. The quantitative estimate of drug-likeness (QED) is 0.741. The Kier molecular flexibility index (Phi) is 2.60. The van der Waals surface area contributed by atoms with Crippen LogP contribution in [0, 0.1) is 6.92 Å². The van der Waals surface area contributed by atoms with Gasteiger partial charge in [-0.1, -0.05) is 0 Å². The molecule has 1 unspecified atom stereocenters. The molecule has 18 heavy (non-hydrogen) atoms. The van der Waals surface area contributed by atoms with Crippen LogP contribution in [0.15, 0.2) is 15.3 Å². The molecule has 3 rings (SSSR count). The summed E-state index contributed by atoms with van der Waals surface area (Å²) >= 11 is 3.28. The number of carbonyl (C=O) groups is 1. The summed E-state index contributed by atoms with van der Waals surface area (Å²) in [5.41, 5.74) is 0.585. The molecule has 5 nitrogen and oxygen atoms in total. The Morgan fingerprint density at radius 1 is 1.44 bits per heavy atom. The first-order valence-corrected chi connectivity index (χ1v) is 6.80. The highest BCUT2D eigenvalue weighted by atomic mass is 79.9. The van der Waals surface area contributed by atoms with E-state index in [1.165, 1.54) is 0 Å². The highest BCUT2D eigenvalue weighted by molar-refractivity contribution is 9.10. The highest BCUT2D eigenvalue weighted by Gasteiger charge is 2.45. The van der Waals surface area contributed by atoms with Crippen LogP contribution in [-0.4, -0.2) is 23.6 Å². The van der Waals surface area contributed by atoms with E-state index in [1.54, 1.807) is 10.6 Å². The van der Waals surface area contributed by atoms with Crippen LogP contribution >= 0.6 is 15.9 Å². The number of nitrogens with one attached hydrogen (secondary N) is 2. The number of carbonyl (C=O) groups excluding carboxylic acids is 1. The number of hydrogen-bond acceptors (Lipinski definition) is 3. The number of halogens is 1. The molecule has 2 aliphatic rings. The predicted molar refractivity (Wildman–Crippen MR) is 70.7 cm³/mol. The second-order valence-corrected chi connectivity index (χ2v) is 5.78. The zero-order valence-electron chi connectivity index (χ0n) is 10.0. The topological polar surface area (TPSA) is 63.1 Å². The monoisotopic (exact) mass is 311 g/mol. The maximum atomic E-state index is 12.3. The summed E-state index contributed by atoms with van der Waals surface area (Å²) in [5, 5.41) is 6.24. The van der Waals surface area contributed by atoms with Gasteiger partial charge in [-0.2, -0.15) is 0 Å². The number of fused-ring (bicyclic) bond motifs is 2. The fourth-order valence-electron chi connectivity index (χ4n) is 2.91. The van der Waals surface area contributed by atoms with E-state index in [1.807, 2.05) is 6.92 Å². The number of nitrogens with zero attached hydrogens (tertiary/aromatic N) is 1. The first-order valence-electron chi connectivity index (χ1n) is 6.01. The molecule has 2 N–H and O–H groups in total. The molecule has 0 radical (unpaired) electrons. The maximum absolute atomic E-state index is 12.3. The number of rotatable bonds is 0. The maximum Gasteiger partial charge on any atom is 0.270 e. The third kappa shape index (κ3) is 1.48. The van der Waals surface area contributed by atoms with Crippen LogP contribution in [0.5, 0.6) is 0 Å². The van der Waals surface area contributed by atoms with Gasteiger partial charge in [0.2, 0.25) is 0 Å². The molecule has 0 aliphatic carbocycles. The van der Waals surface area contributed by atoms with E-state index in [2.05, 4.69) is 26.6 Å². The van der Waals surface area contributed by atoms with Gasteiger partial charge < -0.3 is 10.6 Å². The molecule has 1 atom stereocenters. The van der Waals surface area contributed by atoms with Gasteiger partial charge in [0, 0.05) is 6.54 Å². The second-order valence-electron chi connectivity index (χ2n) is 4.93. The van der Waals surface area contributed by atoms with Crippen LogP contribution in [0.4, 0.5) is 0 Å². The van der Waals surface area contributed by atoms with Crippen molar-refractivity contribution in [3.8, 4) is 0 Å². The van der Waals surface area contributed by atoms with E-state index in [4.69, 9.17) is 0 Å². The van der Waals surface area contributed by atoms with E-state index >= 15 is 0 Å². The number of aryl methyl sites for hydroxylation is 1. The van der Waals surface area contributed by atoms with Crippen molar-refractivity contribution < 1.29 is 4.79 Å². The largest absolute Gasteiger partial charge is 0.326 e. The van der Waals surface area contributed by atoms with Gasteiger partial charge in [0.05, 0.1) is 4.47 Å². The molecule has 1 saturated heterocycles. The minimum Gasteiger partial charge on any atom is -0.326 e. The lowest BCUT2D eigenvalue weighted by Gasteiger charge is -2.35. The van der Waals surface area contributed by atoms with Gasteiger partial charge in [-0.15, -0.1) is 0 Å². The molecule has 1 fully saturated rings. The normalized spacial score (nSPS) is 26.2. The van der Waals surface area contributed by atoms with Crippen LogP contribution < -0.4 is 16.2 Å². The first-order chi connectivity index (χ1) is 8.55. The zero-order valence-corrected chi connectivity index (χ0v) is 11.6. The smallest absolute Gasteiger partial charge is 0.270 e. The molecule has 1 amide bonds. The highest BCUT2D eigenvalue weighted by Crippen LogP contribution is 2.30. The van der Waals surface area contributed by atoms with Gasteiger partial charge in [0.25, 0.3) is 11.5 Å². The summed E-state index contributed by atoms with van der Waals surface area (Å²) in [4.78, 5) is 24.4. The lowest BCUT2D eigenvalue weighted by molar-refractivity contribution is 0.0892. The van der Waals surface area contributed by atoms with E-state index in [0.717, 1.165) is 24.9 Å². The zero-order chi connectivity index (χ0) is 12.9. The Hall–Kier alpha value is -1.14. The first kappa shape index (κ1) is 11.9. The lowest BCUT2D eigenvalue weighted by atomic mass is 10.00. The van der Waals surface area contributed by atoms with Crippen LogP contribution in [0.2, 0.25) is 0 Å². The molecule has 1 spiro atoms. The van der Waals surface area contributed by atoms with Gasteiger partial charge in [-0.05, 0) is 53.9 Å². The molecule has 0 aromatic carbocycles. The molecule has 2 aliphatic heterocycles. The van der Waals surface area contributed by atoms with E-state index in [0.29, 0.717) is 16.7 Å². The predicted octanol–water partition coefficient (Wildman–Crippen LogP) is 0.699. The van der Waals surface area contributed by atoms with Crippen molar-refractivity contribution in [3.05, 3.63) is 32.2 Å². The fraction of sp³-hybridized carbons (Fsp3) is 0.500. The van der Waals surface area contributed by atoms with Crippen molar-refractivity contribution in [2.45, 2.75) is 25.4 Å². The molecule has 0 saturated carbocycles. The minimum atomic E-state index is -0.587. The van der Waals surface area contributed by atoms with Crippen LogP contribution in [-0.2, 0) is 5.66 Å². The van der Waals surface area contributed by atoms with Crippen molar-refractivity contribution >= 4 is 21.8 Å². The number of amides is 1. The SMILES string of the molecule is Cc1cc(Br)c(=O)n2c1C(=O)NC21CCCNC1. The summed E-state index contributed by atoms with van der Waals surface area (Å²) in [6.45, 7) is 3.38. The fourth-order valence-corrected chi connectivity index (χ4v) is 3.43. The Morgan fingerprint density at radius 2 is 2.22 bits per heavy atom. The van der Waals surface area contributed by atoms with Crippen molar-refractivity contribution in [2.24, 2.45) is 0 Å². The van der Waals surface area contributed by atoms with Crippen molar-refractivity contribution in [3.63, 3.8) is 0 Å². The second kappa shape index (κ2) is 3.93. The average Bonchev–Trinajstić information content (AvgIpc) is 2.60. The Morgan fingerprint density at radius 3 is 2.89 bits per heavy atom. The molecule has 1 aromatic rings. The average molecular weight is 312 g/mol. The number of hydrogen-bond donors (Lipinski definition) is 2. The van der Waals surface area contributed by atoms with Crippen LogP contribution in [0.3, 0.4) is 0 Å². The third-order valence-electron chi connectivity index (χ3n) is 3.70. The van der Waals surface area contributed by atoms with E-state index < -0.39 is 5.66 Å². The van der Waals surface area contributed by atoms with Crippen molar-refractivity contribution in [1.29, 1.82) is 0 Å². The van der Waals surface area contributed by atoms with E-state index in [-0.39, 0.29) is 11.5 Å². The van der Waals surface area contributed by atoms with Gasteiger partial charge in [0.1, 0.15) is 11.4 Å². The van der Waals surface area contributed by atoms with Gasteiger partial charge in [-0.25, -0.2) is 0 Å². The molecular weight excluding hydrogens is 298 g/mol. The lowest BCUT2D eigenvalue weighted by Crippen LogP contribution is -2.56. The summed E-state index contributed by atoms with van der Waals surface area (Å²) in [5.74, 6) is -0.152. The Bertz CT molecular complexity index is 588. The van der Waals surface area contributed by atoms with E-state index in [9.17, 15) is 9.59 Å². The molecule has 0 bridgehead atoms. The van der Waals surface area contributed by atoms with Crippen LogP contribution in [0.1, 0.15) is 28.9 Å². The Labute approximate surface area is 113 Å². The molecular formula is C12H14BrN3O2. The molecule has 6 heteroatoms. The van der Waals surface area contributed by atoms with Crippen molar-refractivity contribution in [2.75, 3.05) is 13.1 Å². The van der Waals surface area contributed by atoms with Gasteiger partial charge >= 0.3 is 0 Å². The van der Waals surface area contributed by atoms with Crippen molar-refractivity contribution in [1.82, 2.24) is 15.2 Å². The number of aromatic nitrogens is 1. The molecule has 96 valence electrons. The van der Waals surface area contributed by atoms with Gasteiger partial charge in [0.15, 0.2) is 0 Å². The molecule has 3 heterocycles. The van der Waals surface area contributed by atoms with Crippen LogP contribution in [0.25, 0.3) is 0 Å². The Balaban J connectivity index is 2.29.